The quantitative estimate of drug-likeness (QED) is 0.182. The molecule has 0 N–H and O–H groups in total. The van der Waals surface area contributed by atoms with E-state index < -0.39 is 0 Å². The Morgan fingerprint density at radius 1 is 0.386 bits per heavy atom. The van der Waals surface area contributed by atoms with Gasteiger partial charge in [-0.3, -0.25) is 0 Å². The molecule has 44 heavy (non-hydrogen) atoms. The van der Waals surface area contributed by atoms with Crippen LogP contribution in [-0.4, -0.2) is 0 Å². The van der Waals surface area contributed by atoms with E-state index in [1.165, 1.54) is 76.5 Å². The Hall–Kier alpha value is -5.40. The van der Waals surface area contributed by atoms with Crippen molar-refractivity contribution in [2.75, 3.05) is 0 Å². The largest absolute Gasteiger partial charge is 0.456 e. The van der Waals surface area contributed by atoms with Crippen LogP contribution < -0.4 is 0 Å². The van der Waals surface area contributed by atoms with Crippen LogP contribution in [0.4, 0.5) is 0 Å². The van der Waals surface area contributed by atoms with Gasteiger partial charge in [0, 0.05) is 16.2 Å². The van der Waals surface area contributed by atoms with Crippen molar-refractivity contribution in [3.05, 3.63) is 145 Å². The average Bonchev–Trinajstić information content (AvgIpc) is 3.55. The molecule has 0 aliphatic heterocycles. The first-order valence-corrected chi connectivity index (χ1v) is 15.4. The van der Waals surface area contributed by atoms with E-state index in [0.717, 1.165) is 21.9 Å². The molecule has 1 aliphatic rings. The van der Waals surface area contributed by atoms with Crippen LogP contribution in [0.3, 0.4) is 0 Å². The zero-order chi connectivity index (χ0) is 29.2. The van der Waals surface area contributed by atoms with Gasteiger partial charge in [0.1, 0.15) is 11.2 Å². The maximum absolute atomic E-state index is 6.18. The molecule has 1 aromatic heterocycles. The molecule has 9 aromatic rings. The summed E-state index contributed by atoms with van der Waals surface area (Å²) in [6.45, 7) is 4.80. The van der Waals surface area contributed by atoms with Crippen LogP contribution in [-0.2, 0) is 5.41 Å². The number of benzene rings is 8. The number of hydrogen-bond donors (Lipinski definition) is 0. The van der Waals surface area contributed by atoms with Gasteiger partial charge in [-0.2, -0.15) is 0 Å². The lowest BCUT2D eigenvalue weighted by Crippen LogP contribution is -2.15. The first-order chi connectivity index (χ1) is 21.6. The zero-order valence-electron chi connectivity index (χ0n) is 24.6. The molecule has 1 nitrogen and oxygen atoms in total. The molecule has 0 spiro atoms. The third-order valence-corrected chi connectivity index (χ3v) is 10.2. The fourth-order valence-electron chi connectivity index (χ4n) is 8.11. The lowest BCUT2D eigenvalue weighted by molar-refractivity contribution is 0.662. The van der Waals surface area contributed by atoms with Crippen molar-refractivity contribution in [2.24, 2.45) is 0 Å². The summed E-state index contributed by atoms with van der Waals surface area (Å²) in [5.74, 6) is 0. The van der Waals surface area contributed by atoms with E-state index in [1.807, 2.05) is 6.07 Å². The van der Waals surface area contributed by atoms with E-state index >= 15 is 0 Å². The van der Waals surface area contributed by atoms with Crippen molar-refractivity contribution in [2.45, 2.75) is 19.3 Å². The van der Waals surface area contributed by atoms with Gasteiger partial charge in [0.05, 0.1) is 0 Å². The van der Waals surface area contributed by atoms with Crippen LogP contribution in [0, 0.1) is 0 Å². The third-order valence-electron chi connectivity index (χ3n) is 10.2. The highest BCUT2D eigenvalue weighted by molar-refractivity contribution is 6.26. The molecule has 1 aliphatic carbocycles. The van der Waals surface area contributed by atoms with Crippen molar-refractivity contribution in [3.63, 3.8) is 0 Å². The average molecular weight is 561 g/mol. The molecule has 0 atom stereocenters. The minimum Gasteiger partial charge on any atom is -0.456 e. The van der Waals surface area contributed by atoms with E-state index in [1.54, 1.807) is 0 Å². The monoisotopic (exact) mass is 560 g/mol. The van der Waals surface area contributed by atoms with Gasteiger partial charge in [0.2, 0.25) is 0 Å². The molecular weight excluding hydrogens is 532 g/mol. The van der Waals surface area contributed by atoms with Crippen LogP contribution in [0.1, 0.15) is 25.0 Å². The normalized spacial score (nSPS) is 13.9. The number of furan rings is 1. The fraction of sp³-hybridized carbons (Fsp3) is 0.0698. The van der Waals surface area contributed by atoms with E-state index in [-0.39, 0.29) is 5.41 Å². The molecule has 0 saturated heterocycles. The van der Waals surface area contributed by atoms with Crippen LogP contribution in [0.5, 0.6) is 0 Å². The predicted molar refractivity (Wildman–Crippen MR) is 187 cm³/mol. The molecule has 0 amide bonds. The summed E-state index contributed by atoms with van der Waals surface area (Å²) in [4.78, 5) is 0. The summed E-state index contributed by atoms with van der Waals surface area (Å²) >= 11 is 0. The molecule has 0 fully saturated rings. The first-order valence-electron chi connectivity index (χ1n) is 15.4. The Bertz CT molecular complexity index is 2680. The standard InChI is InChI=1S/C43H28O/c1-43(2)38-24-35-29-14-6-4-12-27(29)26-11-3-5-13-28(26)34(35)22-37(38)42-32-17-8-7-15-30(32)33(23-39(42)43)25-19-20-41-36(21-25)31-16-9-10-18-40(31)44-41/h3-24H,1-2H3. The van der Waals surface area contributed by atoms with Gasteiger partial charge in [0.15, 0.2) is 0 Å². The van der Waals surface area contributed by atoms with Crippen LogP contribution in [0.15, 0.2) is 138 Å². The smallest absolute Gasteiger partial charge is 0.135 e. The van der Waals surface area contributed by atoms with Gasteiger partial charge in [-0.1, -0.05) is 111 Å². The maximum Gasteiger partial charge on any atom is 0.135 e. The van der Waals surface area contributed by atoms with Gasteiger partial charge < -0.3 is 4.42 Å². The minimum atomic E-state index is -0.156. The summed E-state index contributed by atoms with van der Waals surface area (Å²) in [6, 6.07) is 49.2. The van der Waals surface area contributed by atoms with Crippen molar-refractivity contribution in [1.82, 2.24) is 0 Å². The summed E-state index contributed by atoms with van der Waals surface area (Å²) < 4.78 is 6.18. The van der Waals surface area contributed by atoms with Gasteiger partial charge in [-0.05, 0) is 113 Å². The van der Waals surface area contributed by atoms with E-state index in [4.69, 9.17) is 4.42 Å². The van der Waals surface area contributed by atoms with Crippen LogP contribution in [0.25, 0.3) is 87.3 Å². The molecule has 10 rings (SSSR count). The van der Waals surface area contributed by atoms with Gasteiger partial charge in [0.25, 0.3) is 0 Å². The fourth-order valence-corrected chi connectivity index (χ4v) is 8.11. The van der Waals surface area contributed by atoms with E-state index in [2.05, 4.69) is 141 Å². The molecule has 0 bridgehead atoms. The van der Waals surface area contributed by atoms with Gasteiger partial charge in [-0.25, -0.2) is 0 Å². The topological polar surface area (TPSA) is 13.1 Å². The lowest BCUT2D eigenvalue weighted by Gasteiger charge is -2.23. The summed E-state index contributed by atoms with van der Waals surface area (Å²) in [6.07, 6.45) is 0. The maximum atomic E-state index is 6.18. The highest BCUT2D eigenvalue weighted by Crippen LogP contribution is 2.55. The molecular formula is C43H28O. The Morgan fingerprint density at radius 3 is 1.64 bits per heavy atom. The molecule has 206 valence electrons. The second-order valence-corrected chi connectivity index (χ2v) is 12.9. The molecule has 0 saturated carbocycles. The summed E-state index contributed by atoms with van der Waals surface area (Å²) in [5, 5.41) is 12.9. The Kier molecular flexibility index (Phi) is 4.58. The van der Waals surface area contributed by atoms with Crippen LogP contribution >= 0.6 is 0 Å². The first kappa shape index (κ1) is 24.1. The highest BCUT2D eigenvalue weighted by atomic mass is 16.3. The Morgan fingerprint density at radius 2 is 0.932 bits per heavy atom. The number of fused-ring (bicyclic) bond motifs is 14. The predicted octanol–water partition coefficient (Wildman–Crippen LogP) is 12.2. The summed E-state index contributed by atoms with van der Waals surface area (Å²) in [7, 11) is 0. The van der Waals surface area contributed by atoms with Gasteiger partial charge in [-0.15, -0.1) is 0 Å². The van der Waals surface area contributed by atoms with Crippen molar-refractivity contribution in [3.8, 4) is 22.3 Å². The van der Waals surface area contributed by atoms with Crippen molar-refractivity contribution < 1.29 is 4.42 Å². The Labute approximate surface area is 255 Å². The lowest BCUT2D eigenvalue weighted by atomic mass is 9.79. The number of para-hydroxylation sites is 1. The highest BCUT2D eigenvalue weighted by Gasteiger charge is 2.38. The van der Waals surface area contributed by atoms with Crippen LogP contribution in [0.2, 0.25) is 0 Å². The van der Waals surface area contributed by atoms with Crippen molar-refractivity contribution >= 4 is 65.0 Å². The second kappa shape index (κ2) is 8.36. The van der Waals surface area contributed by atoms with Crippen molar-refractivity contribution in [1.29, 1.82) is 0 Å². The second-order valence-electron chi connectivity index (χ2n) is 12.9. The summed E-state index contributed by atoms with van der Waals surface area (Å²) in [5.41, 5.74) is 9.72. The Balaban J connectivity index is 1.30. The zero-order valence-corrected chi connectivity index (χ0v) is 24.6. The van der Waals surface area contributed by atoms with Gasteiger partial charge >= 0.3 is 0 Å². The molecule has 8 aromatic carbocycles. The minimum absolute atomic E-state index is 0.156. The molecule has 1 heteroatoms. The molecule has 1 heterocycles. The SMILES string of the molecule is CC1(C)c2cc3c4ccccc4c4ccccc4c3cc2-c2c1cc(-c1ccc3oc4ccccc4c3c1)c1ccccc21. The van der Waals surface area contributed by atoms with E-state index in [9.17, 15) is 0 Å². The number of rotatable bonds is 1. The third kappa shape index (κ3) is 3.04. The molecule has 0 unspecified atom stereocenters. The number of hydrogen-bond acceptors (Lipinski definition) is 1. The van der Waals surface area contributed by atoms with E-state index in [0.29, 0.717) is 0 Å². The molecule has 0 radical (unpaired) electrons.